The first-order valence-electron chi connectivity index (χ1n) is 13.5. The summed E-state index contributed by atoms with van der Waals surface area (Å²) in [6.45, 7) is 12.8. The molecule has 4 rings (SSSR count). The molecule has 0 spiro atoms. The van der Waals surface area contributed by atoms with Gasteiger partial charge in [0.1, 0.15) is 17.2 Å². The minimum atomic E-state index is -3.64. The molecule has 0 radical (unpaired) electrons. The van der Waals surface area contributed by atoms with Gasteiger partial charge in [0.05, 0.1) is 15.9 Å². The van der Waals surface area contributed by atoms with Crippen LogP contribution in [0.5, 0.6) is 17.2 Å². The summed E-state index contributed by atoms with van der Waals surface area (Å²) in [6, 6.07) is 30.1. The van der Waals surface area contributed by atoms with Gasteiger partial charge < -0.3 is 9.47 Å². The molecule has 0 aliphatic rings. The molecule has 204 valence electrons. The van der Waals surface area contributed by atoms with Crippen molar-refractivity contribution in [3.05, 3.63) is 114 Å². The van der Waals surface area contributed by atoms with E-state index in [-0.39, 0.29) is 21.3 Å². The monoisotopic (exact) mass is 542 g/mol. The molecule has 1 atom stereocenters. The largest absolute Gasteiger partial charge is 0.491 e. The third kappa shape index (κ3) is 6.36. The van der Waals surface area contributed by atoms with Gasteiger partial charge in [0.25, 0.3) is 0 Å². The zero-order chi connectivity index (χ0) is 28.2. The standard InChI is InChI=1S/C34H38O4S/c1-7-34(6,27-10-8-26(9-11-27)24(2)3)28-12-14-30(15-13-28)38-31-18-22-33(23-19-31)39(35,36)32-20-16-29(17-21-32)37-25(4)5/h8-25H,7H2,1-6H3. The van der Waals surface area contributed by atoms with Crippen LogP contribution in [0.15, 0.2) is 107 Å². The van der Waals surface area contributed by atoms with Crippen LogP contribution in [0.4, 0.5) is 0 Å². The van der Waals surface area contributed by atoms with Crippen LogP contribution in [0.1, 0.15) is 70.6 Å². The fourth-order valence-corrected chi connectivity index (χ4v) is 5.89. The molecular weight excluding hydrogens is 504 g/mol. The average molecular weight is 543 g/mol. The van der Waals surface area contributed by atoms with Crippen LogP contribution < -0.4 is 9.47 Å². The average Bonchev–Trinajstić information content (AvgIpc) is 2.93. The molecule has 0 saturated heterocycles. The highest BCUT2D eigenvalue weighted by atomic mass is 32.2. The first-order valence-corrected chi connectivity index (χ1v) is 15.0. The predicted octanol–water partition coefficient (Wildman–Crippen LogP) is 8.94. The Bertz CT molecular complexity index is 1470. The van der Waals surface area contributed by atoms with E-state index in [1.165, 1.54) is 16.7 Å². The Labute approximate surface area is 233 Å². The molecule has 5 heteroatoms. The molecule has 0 amide bonds. The first kappa shape index (κ1) is 28.4. The summed E-state index contributed by atoms with van der Waals surface area (Å²) in [5.41, 5.74) is 3.75. The molecule has 0 saturated carbocycles. The number of hydrogen-bond donors (Lipinski definition) is 0. The highest BCUT2D eigenvalue weighted by Gasteiger charge is 2.27. The van der Waals surface area contributed by atoms with Crippen molar-refractivity contribution in [2.24, 2.45) is 0 Å². The second-order valence-corrected chi connectivity index (χ2v) is 12.7. The highest BCUT2D eigenvalue weighted by Crippen LogP contribution is 2.37. The first-order chi connectivity index (χ1) is 18.5. The molecule has 1 unspecified atom stereocenters. The van der Waals surface area contributed by atoms with Crippen LogP contribution in [-0.2, 0) is 15.3 Å². The molecule has 0 aliphatic carbocycles. The lowest BCUT2D eigenvalue weighted by Crippen LogP contribution is -2.22. The minimum absolute atomic E-state index is 0.0225. The maximum absolute atomic E-state index is 13.1. The smallest absolute Gasteiger partial charge is 0.206 e. The van der Waals surface area contributed by atoms with Crippen molar-refractivity contribution in [3.63, 3.8) is 0 Å². The molecule has 0 N–H and O–H groups in total. The van der Waals surface area contributed by atoms with E-state index in [0.717, 1.165) is 6.42 Å². The van der Waals surface area contributed by atoms with E-state index >= 15 is 0 Å². The van der Waals surface area contributed by atoms with Gasteiger partial charge in [0.15, 0.2) is 0 Å². The van der Waals surface area contributed by atoms with Crippen LogP contribution in [0.2, 0.25) is 0 Å². The van der Waals surface area contributed by atoms with Crippen molar-refractivity contribution >= 4 is 9.84 Å². The van der Waals surface area contributed by atoms with Gasteiger partial charge in [-0.15, -0.1) is 0 Å². The summed E-state index contributed by atoms with van der Waals surface area (Å²) in [6.07, 6.45) is 0.992. The lowest BCUT2D eigenvalue weighted by Gasteiger charge is -2.30. The van der Waals surface area contributed by atoms with Crippen molar-refractivity contribution in [3.8, 4) is 17.2 Å². The van der Waals surface area contributed by atoms with E-state index in [9.17, 15) is 8.42 Å². The number of rotatable bonds is 10. The van der Waals surface area contributed by atoms with Gasteiger partial charge in [-0.25, -0.2) is 8.42 Å². The molecule has 4 aromatic carbocycles. The van der Waals surface area contributed by atoms with E-state index in [1.807, 2.05) is 26.0 Å². The van der Waals surface area contributed by atoms with Crippen molar-refractivity contribution in [1.29, 1.82) is 0 Å². The second kappa shape index (κ2) is 11.7. The molecule has 4 nitrogen and oxygen atoms in total. The van der Waals surface area contributed by atoms with Gasteiger partial charge in [0.2, 0.25) is 9.84 Å². The summed E-state index contributed by atoms with van der Waals surface area (Å²) in [4.78, 5) is 0.436. The summed E-state index contributed by atoms with van der Waals surface area (Å²) in [5, 5.41) is 0. The Morgan fingerprint density at radius 3 is 1.46 bits per heavy atom. The van der Waals surface area contributed by atoms with Crippen molar-refractivity contribution in [1.82, 2.24) is 0 Å². The minimum Gasteiger partial charge on any atom is -0.491 e. The number of benzene rings is 4. The third-order valence-corrected chi connectivity index (χ3v) is 9.07. The lowest BCUT2D eigenvalue weighted by atomic mass is 9.74. The lowest BCUT2D eigenvalue weighted by molar-refractivity contribution is 0.242. The molecule has 0 aromatic heterocycles. The maximum atomic E-state index is 13.1. The summed E-state index contributed by atoms with van der Waals surface area (Å²) in [7, 11) is -3.64. The molecule has 0 heterocycles. The summed E-state index contributed by atoms with van der Waals surface area (Å²) >= 11 is 0. The zero-order valence-electron chi connectivity index (χ0n) is 23.6. The highest BCUT2D eigenvalue weighted by molar-refractivity contribution is 7.91. The number of hydrogen-bond acceptors (Lipinski definition) is 4. The summed E-state index contributed by atoms with van der Waals surface area (Å²) < 4.78 is 37.8. The van der Waals surface area contributed by atoms with Crippen LogP contribution in [0.25, 0.3) is 0 Å². The molecule has 4 aromatic rings. The maximum Gasteiger partial charge on any atom is 0.206 e. The SMILES string of the molecule is CCC(C)(c1ccc(Oc2ccc(S(=O)(=O)c3ccc(OC(C)C)cc3)cc2)cc1)c1ccc(C(C)C)cc1. The Morgan fingerprint density at radius 2 is 1.05 bits per heavy atom. The van der Waals surface area contributed by atoms with Crippen LogP contribution in [-0.4, -0.2) is 14.5 Å². The van der Waals surface area contributed by atoms with E-state index < -0.39 is 9.84 Å². The van der Waals surface area contributed by atoms with E-state index in [0.29, 0.717) is 23.2 Å². The fourth-order valence-electron chi connectivity index (χ4n) is 4.63. The van der Waals surface area contributed by atoms with E-state index in [1.54, 1.807) is 48.5 Å². The quantitative estimate of drug-likeness (QED) is 0.201. The van der Waals surface area contributed by atoms with Gasteiger partial charge in [-0.1, -0.05) is 64.1 Å². The molecule has 39 heavy (non-hydrogen) atoms. The summed E-state index contributed by atoms with van der Waals surface area (Å²) in [5.74, 6) is 2.42. The third-order valence-electron chi connectivity index (χ3n) is 7.29. The second-order valence-electron chi connectivity index (χ2n) is 10.7. The Morgan fingerprint density at radius 1 is 0.641 bits per heavy atom. The molecule has 0 fully saturated rings. The van der Waals surface area contributed by atoms with Crippen molar-refractivity contribution in [2.75, 3.05) is 0 Å². The Hall–Kier alpha value is -3.57. The fraction of sp³-hybridized carbons (Fsp3) is 0.294. The van der Waals surface area contributed by atoms with Crippen molar-refractivity contribution in [2.45, 2.75) is 75.2 Å². The normalized spacial score (nSPS) is 13.3. The van der Waals surface area contributed by atoms with E-state index in [2.05, 4.69) is 64.1 Å². The van der Waals surface area contributed by atoms with Gasteiger partial charge in [-0.05, 0) is 104 Å². The molecule has 0 bridgehead atoms. The van der Waals surface area contributed by atoms with Gasteiger partial charge in [0, 0.05) is 5.41 Å². The van der Waals surface area contributed by atoms with Crippen molar-refractivity contribution < 1.29 is 17.9 Å². The van der Waals surface area contributed by atoms with Crippen LogP contribution in [0.3, 0.4) is 0 Å². The Balaban J connectivity index is 1.47. The topological polar surface area (TPSA) is 52.6 Å². The van der Waals surface area contributed by atoms with Crippen LogP contribution in [0, 0.1) is 0 Å². The number of sulfone groups is 1. The molecule has 0 aliphatic heterocycles. The van der Waals surface area contributed by atoms with Crippen LogP contribution >= 0.6 is 0 Å². The molecular formula is C34H38O4S. The zero-order valence-corrected chi connectivity index (χ0v) is 24.5. The van der Waals surface area contributed by atoms with Gasteiger partial charge in [-0.2, -0.15) is 0 Å². The number of ether oxygens (including phenoxy) is 2. The van der Waals surface area contributed by atoms with E-state index in [4.69, 9.17) is 9.47 Å². The van der Waals surface area contributed by atoms with Gasteiger partial charge >= 0.3 is 0 Å². The van der Waals surface area contributed by atoms with Gasteiger partial charge in [-0.3, -0.25) is 0 Å². The predicted molar refractivity (Wildman–Crippen MR) is 158 cm³/mol. The Kier molecular flexibility index (Phi) is 8.51.